The van der Waals surface area contributed by atoms with Crippen molar-refractivity contribution in [3.05, 3.63) is 36.0 Å². The second kappa shape index (κ2) is 6.73. The summed E-state index contributed by atoms with van der Waals surface area (Å²) in [6.07, 6.45) is 6.11. The summed E-state index contributed by atoms with van der Waals surface area (Å²) in [5, 5.41) is 3.96. The van der Waals surface area contributed by atoms with Crippen molar-refractivity contribution >= 4 is 0 Å². The number of aryl methyl sites for hydroxylation is 1. The van der Waals surface area contributed by atoms with E-state index in [2.05, 4.69) is 25.0 Å². The third kappa shape index (κ3) is 4.05. The van der Waals surface area contributed by atoms with Gasteiger partial charge in [0.15, 0.2) is 5.82 Å². The highest BCUT2D eigenvalue weighted by atomic mass is 16.5. The second-order valence-electron chi connectivity index (χ2n) is 5.31. The molecular formula is C14H19N5O2. The second-order valence-corrected chi connectivity index (χ2v) is 5.31. The van der Waals surface area contributed by atoms with E-state index >= 15 is 0 Å². The summed E-state index contributed by atoms with van der Waals surface area (Å²) in [7, 11) is 0. The summed E-state index contributed by atoms with van der Waals surface area (Å²) in [6, 6.07) is 0. The molecule has 21 heavy (non-hydrogen) atoms. The molecule has 0 amide bonds. The predicted octanol–water partition coefficient (Wildman–Crippen LogP) is 0.859. The molecule has 0 saturated carbocycles. The molecule has 0 bridgehead atoms. The maximum atomic E-state index is 5.70. The molecule has 0 radical (unpaired) electrons. The number of hydrogen-bond donors (Lipinski definition) is 0. The lowest BCUT2D eigenvalue weighted by atomic mass is 10.0. The fourth-order valence-corrected chi connectivity index (χ4v) is 2.56. The molecule has 0 spiro atoms. The summed E-state index contributed by atoms with van der Waals surface area (Å²) in [5.41, 5.74) is 1.00. The van der Waals surface area contributed by atoms with Gasteiger partial charge in [-0.05, 0) is 6.42 Å². The van der Waals surface area contributed by atoms with Crippen LogP contribution in [0, 0.1) is 12.8 Å². The van der Waals surface area contributed by atoms with Gasteiger partial charge >= 0.3 is 0 Å². The lowest BCUT2D eigenvalue weighted by Crippen LogP contribution is -2.31. The van der Waals surface area contributed by atoms with Crippen molar-refractivity contribution in [1.82, 2.24) is 25.0 Å². The third-order valence-electron chi connectivity index (χ3n) is 3.47. The Kier molecular flexibility index (Phi) is 4.52. The smallest absolute Gasteiger partial charge is 0.223 e. The average Bonchev–Trinajstić information content (AvgIpc) is 2.76. The van der Waals surface area contributed by atoms with Gasteiger partial charge in [-0.1, -0.05) is 5.16 Å². The van der Waals surface area contributed by atoms with Gasteiger partial charge in [-0.25, -0.2) is 0 Å². The first-order chi connectivity index (χ1) is 10.3. The van der Waals surface area contributed by atoms with E-state index in [1.807, 2.05) is 6.20 Å². The van der Waals surface area contributed by atoms with Gasteiger partial charge in [-0.15, -0.1) is 0 Å². The maximum absolute atomic E-state index is 5.70. The first-order valence-electron chi connectivity index (χ1n) is 7.14. The van der Waals surface area contributed by atoms with E-state index in [9.17, 15) is 0 Å². The highest BCUT2D eigenvalue weighted by molar-refractivity contribution is 4.97. The van der Waals surface area contributed by atoms with Crippen LogP contribution in [0.5, 0.6) is 0 Å². The van der Waals surface area contributed by atoms with Crippen molar-refractivity contribution in [1.29, 1.82) is 0 Å². The molecule has 0 aromatic carbocycles. The van der Waals surface area contributed by atoms with Crippen LogP contribution in [0.2, 0.25) is 0 Å². The van der Waals surface area contributed by atoms with Gasteiger partial charge in [0.05, 0.1) is 25.5 Å². The van der Waals surface area contributed by atoms with E-state index in [1.165, 1.54) is 0 Å². The number of rotatable bonds is 4. The molecule has 3 heterocycles. The molecule has 1 saturated heterocycles. The van der Waals surface area contributed by atoms with E-state index in [0.29, 0.717) is 18.4 Å². The van der Waals surface area contributed by atoms with E-state index in [0.717, 1.165) is 44.2 Å². The summed E-state index contributed by atoms with van der Waals surface area (Å²) in [5.74, 6) is 1.73. The Labute approximate surface area is 123 Å². The van der Waals surface area contributed by atoms with Gasteiger partial charge in [0.25, 0.3) is 0 Å². The first kappa shape index (κ1) is 14.1. The maximum Gasteiger partial charge on any atom is 0.223 e. The summed E-state index contributed by atoms with van der Waals surface area (Å²) in [4.78, 5) is 15.0. The molecule has 1 aliphatic heterocycles. The fraction of sp³-hybridized carbons (Fsp3) is 0.571. The normalized spacial score (nSPS) is 20.3. The molecular weight excluding hydrogens is 270 g/mol. The lowest BCUT2D eigenvalue weighted by Gasteiger charge is -2.21. The molecule has 1 unspecified atom stereocenters. The molecule has 1 fully saturated rings. The predicted molar refractivity (Wildman–Crippen MR) is 74.4 cm³/mol. The average molecular weight is 289 g/mol. The number of aromatic nitrogens is 4. The van der Waals surface area contributed by atoms with Gasteiger partial charge in [0, 0.05) is 44.5 Å². The van der Waals surface area contributed by atoms with Gasteiger partial charge in [0.2, 0.25) is 5.89 Å². The molecule has 7 heteroatoms. The fourth-order valence-electron chi connectivity index (χ4n) is 2.56. The molecule has 7 nitrogen and oxygen atoms in total. The molecule has 112 valence electrons. The van der Waals surface area contributed by atoms with Gasteiger partial charge < -0.3 is 9.26 Å². The van der Waals surface area contributed by atoms with Crippen molar-refractivity contribution in [3.63, 3.8) is 0 Å². The van der Waals surface area contributed by atoms with Gasteiger partial charge in [-0.3, -0.25) is 14.9 Å². The van der Waals surface area contributed by atoms with Crippen molar-refractivity contribution in [2.45, 2.75) is 19.9 Å². The minimum absolute atomic E-state index is 0.400. The van der Waals surface area contributed by atoms with Crippen LogP contribution in [0.25, 0.3) is 0 Å². The van der Waals surface area contributed by atoms with Crippen LogP contribution in [0.15, 0.2) is 23.1 Å². The first-order valence-corrected chi connectivity index (χ1v) is 7.14. The monoisotopic (exact) mass is 289 g/mol. The van der Waals surface area contributed by atoms with Crippen LogP contribution in [-0.4, -0.2) is 51.3 Å². The summed E-state index contributed by atoms with van der Waals surface area (Å²) >= 11 is 0. The standard InChI is InChI=1S/C14H19N5O2/c1-11-17-14(18-21-11)9-19-4-5-20-10-12(8-19)6-13-7-15-2-3-16-13/h2-3,7,12H,4-6,8-10H2,1H3. The van der Waals surface area contributed by atoms with Crippen LogP contribution in [-0.2, 0) is 17.7 Å². The summed E-state index contributed by atoms with van der Waals surface area (Å²) in [6.45, 7) is 5.79. The van der Waals surface area contributed by atoms with E-state index in [4.69, 9.17) is 9.26 Å². The van der Waals surface area contributed by atoms with Gasteiger partial charge in [-0.2, -0.15) is 4.98 Å². The number of nitrogens with zero attached hydrogens (tertiary/aromatic N) is 5. The van der Waals surface area contributed by atoms with Crippen LogP contribution >= 0.6 is 0 Å². The zero-order valence-electron chi connectivity index (χ0n) is 12.1. The SMILES string of the molecule is Cc1nc(CN2CCOCC(Cc3cnccn3)C2)no1. The Morgan fingerprint density at radius 2 is 2.33 bits per heavy atom. The van der Waals surface area contributed by atoms with Crippen molar-refractivity contribution in [2.24, 2.45) is 5.92 Å². The molecule has 2 aromatic rings. The minimum atomic E-state index is 0.400. The number of ether oxygens (including phenoxy) is 1. The summed E-state index contributed by atoms with van der Waals surface area (Å²) < 4.78 is 10.7. The molecule has 3 rings (SSSR count). The molecule has 0 N–H and O–H groups in total. The largest absolute Gasteiger partial charge is 0.380 e. The van der Waals surface area contributed by atoms with Crippen LogP contribution in [0.3, 0.4) is 0 Å². The Bertz CT molecular complexity index is 560. The quantitative estimate of drug-likeness (QED) is 0.826. The number of hydrogen-bond acceptors (Lipinski definition) is 7. The molecule has 0 aliphatic carbocycles. The Morgan fingerprint density at radius 1 is 1.38 bits per heavy atom. The lowest BCUT2D eigenvalue weighted by molar-refractivity contribution is 0.121. The molecule has 1 aliphatic rings. The van der Waals surface area contributed by atoms with Crippen molar-refractivity contribution in [2.75, 3.05) is 26.3 Å². The van der Waals surface area contributed by atoms with Gasteiger partial charge in [0.1, 0.15) is 0 Å². The topological polar surface area (TPSA) is 77.2 Å². The zero-order chi connectivity index (χ0) is 14.5. The Hall–Kier alpha value is -1.86. The highest BCUT2D eigenvalue weighted by Gasteiger charge is 2.21. The molecule has 1 atom stereocenters. The molecule has 2 aromatic heterocycles. The van der Waals surface area contributed by atoms with Crippen LogP contribution < -0.4 is 0 Å². The highest BCUT2D eigenvalue weighted by Crippen LogP contribution is 2.13. The minimum Gasteiger partial charge on any atom is -0.380 e. The van der Waals surface area contributed by atoms with Crippen LogP contribution in [0.1, 0.15) is 17.4 Å². The zero-order valence-corrected chi connectivity index (χ0v) is 12.1. The van der Waals surface area contributed by atoms with Crippen molar-refractivity contribution in [3.8, 4) is 0 Å². The van der Waals surface area contributed by atoms with E-state index in [1.54, 1.807) is 19.3 Å². The van der Waals surface area contributed by atoms with Crippen molar-refractivity contribution < 1.29 is 9.26 Å². The Balaban J connectivity index is 1.60. The Morgan fingerprint density at radius 3 is 3.10 bits per heavy atom. The van der Waals surface area contributed by atoms with E-state index in [-0.39, 0.29) is 0 Å². The van der Waals surface area contributed by atoms with Crippen LogP contribution in [0.4, 0.5) is 0 Å². The van der Waals surface area contributed by atoms with E-state index < -0.39 is 0 Å². The third-order valence-corrected chi connectivity index (χ3v) is 3.47.